The van der Waals surface area contributed by atoms with Crippen molar-refractivity contribution in [2.24, 2.45) is 0 Å². The molecule has 2 nitrogen and oxygen atoms in total. The van der Waals surface area contributed by atoms with Crippen LogP contribution in [0.25, 0.3) is 0 Å². The first-order valence-electron chi connectivity index (χ1n) is 7.11. The molecule has 100 valence electrons. The minimum atomic E-state index is 0.229. The van der Waals surface area contributed by atoms with Crippen molar-refractivity contribution < 1.29 is 0 Å². The Kier molecular flexibility index (Phi) is 5.68. The standard InChI is InChI=1S/C15H30N2/c1-6-13(2)12-14(16-5)15(3,4)17-10-8-7-9-11-17/h14,16H,2,6-12H2,1,3-5H3. The van der Waals surface area contributed by atoms with Gasteiger partial charge in [0.05, 0.1) is 0 Å². The van der Waals surface area contributed by atoms with Gasteiger partial charge in [-0.1, -0.05) is 25.5 Å². The van der Waals surface area contributed by atoms with Crippen LogP contribution in [-0.4, -0.2) is 36.6 Å². The summed E-state index contributed by atoms with van der Waals surface area (Å²) < 4.78 is 0. The third-order valence-corrected chi connectivity index (χ3v) is 4.37. The quantitative estimate of drug-likeness (QED) is 0.715. The minimum absolute atomic E-state index is 0.229. The predicted molar refractivity (Wildman–Crippen MR) is 76.4 cm³/mol. The first-order valence-corrected chi connectivity index (χ1v) is 7.11. The number of nitrogens with one attached hydrogen (secondary N) is 1. The van der Waals surface area contributed by atoms with Gasteiger partial charge < -0.3 is 5.32 Å². The fourth-order valence-electron chi connectivity index (χ4n) is 2.83. The maximum absolute atomic E-state index is 4.16. The van der Waals surface area contributed by atoms with Gasteiger partial charge in [0.1, 0.15) is 0 Å². The summed E-state index contributed by atoms with van der Waals surface area (Å²) in [5.41, 5.74) is 1.59. The van der Waals surface area contributed by atoms with Crippen molar-refractivity contribution in [2.45, 2.75) is 64.5 Å². The van der Waals surface area contributed by atoms with Crippen molar-refractivity contribution in [1.29, 1.82) is 0 Å². The van der Waals surface area contributed by atoms with Crippen LogP contribution < -0.4 is 5.32 Å². The van der Waals surface area contributed by atoms with E-state index in [2.05, 4.69) is 44.6 Å². The first-order chi connectivity index (χ1) is 8.02. The molecule has 0 aromatic rings. The van der Waals surface area contributed by atoms with Crippen LogP contribution >= 0.6 is 0 Å². The zero-order chi connectivity index (χ0) is 12.9. The van der Waals surface area contributed by atoms with Gasteiger partial charge in [0.15, 0.2) is 0 Å². The van der Waals surface area contributed by atoms with Crippen LogP contribution in [0.4, 0.5) is 0 Å². The van der Waals surface area contributed by atoms with E-state index < -0.39 is 0 Å². The van der Waals surface area contributed by atoms with Gasteiger partial charge in [0.2, 0.25) is 0 Å². The van der Waals surface area contributed by atoms with Crippen LogP contribution in [0.15, 0.2) is 12.2 Å². The molecule has 0 aliphatic carbocycles. The van der Waals surface area contributed by atoms with Crippen LogP contribution in [0, 0.1) is 0 Å². The molecular weight excluding hydrogens is 208 g/mol. The predicted octanol–water partition coefficient (Wildman–Crippen LogP) is 3.20. The van der Waals surface area contributed by atoms with Crippen molar-refractivity contribution in [3.63, 3.8) is 0 Å². The fraction of sp³-hybridized carbons (Fsp3) is 0.867. The Hall–Kier alpha value is -0.340. The SMILES string of the molecule is C=C(CC)CC(NC)C(C)(C)N1CCCCC1. The maximum atomic E-state index is 4.16. The molecule has 0 saturated carbocycles. The third-order valence-electron chi connectivity index (χ3n) is 4.37. The molecule has 1 saturated heterocycles. The molecule has 0 amide bonds. The van der Waals surface area contributed by atoms with Gasteiger partial charge in [0, 0.05) is 11.6 Å². The van der Waals surface area contributed by atoms with E-state index in [1.807, 2.05) is 0 Å². The topological polar surface area (TPSA) is 15.3 Å². The smallest absolute Gasteiger partial charge is 0.0309 e. The lowest BCUT2D eigenvalue weighted by atomic mass is 9.86. The van der Waals surface area contributed by atoms with E-state index in [0.29, 0.717) is 6.04 Å². The average Bonchev–Trinajstić information content (AvgIpc) is 2.36. The number of likely N-dealkylation sites (tertiary alicyclic amines) is 1. The van der Waals surface area contributed by atoms with Crippen molar-refractivity contribution in [3.8, 4) is 0 Å². The highest BCUT2D eigenvalue weighted by Gasteiger charge is 2.34. The van der Waals surface area contributed by atoms with Crippen molar-refractivity contribution in [3.05, 3.63) is 12.2 Å². The second-order valence-electron chi connectivity index (χ2n) is 5.85. The van der Waals surface area contributed by atoms with Crippen LogP contribution in [-0.2, 0) is 0 Å². The molecule has 1 fully saturated rings. The molecule has 0 aromatic heterocycles. The summed E-state index contributed by atoms with van der Waals surface area (Å²) in [7, 11) is 2.08. The lowest BCUT2D eigenvalue weighted by Gasteiger charge is -2.46. The molecular formula is C15H30N2. The molecule has 0 bridgehead atoms. The van der Waals surface area contributed by atoms with Crippen LogP contribution in [0.3, 0.4) is 0 Å². The second-order valence-corrected chi connectivity index (χ2v) is 5.85. The van der Waals surface area contributed by atoms with E-state index >= 15 is 0 Å². The molecule has 1 atom stereocenters. The van der Waals surface area contributed by atoms with Crippen molar-refractivity contribution in [2.75, 3.05) is 20.1 Å². The molecule has 1 aliphatic heterocycles. The van der Waals surface area contributed by atoms with Crippen LogP contribution in [0.5, 0.6) is 0 Å². The highest BCUT2D eigenvalue weighted by atomic mass is 15.2. The largest absolute Gasteiger partial charge is 0.315 e. The number of hydrogen-bond donors (Lipinski definition) is 1. The molecule has 1 heterocycles. The first kappa shape index (κ1) is 14.7. The Labute approximate surface area is 107 Å². The lowest BCUT2D eigenvalue weighted by Crippen LogP contribution is -2.58. The second kappa shape index (κ2) is 6.55. The van der Waals surface area contributed by atoms with Crippen LogP contribution in [0.1, 0.15) is 52.9 Å². The Morgan fingerprint density at radius 2 is 1.88 bits per heavy atom. The summed E-state index contributed by atoms with van der Waals surface area (Å²) in [5.74, 6) is 0. The Morgan fingerprint density at radius 1 is 1.29 bits per heavy atom. The Balaban J connectivity index is 2.66. The minimum Gasteiger partial charge on any atom is -0.315 e. The number of nitrogens with zero attached hydrogens (tertiary/aromatic N) is 1. The number of piperidine rings is 1. The van der Waals surface area contributed by atoms with Gasteiger partial charge in [-0.3, -0.25) is 4.90 Å². The summed E-state index contributed by atoms with van der Waals surface area (Å²) >= 11 is 0. The van der Waals surface area contributed by atoms with E-state index in [1.165, 1.54) is 37.9 Å². The van der Waals surface area contributed by atoms with Gasteiger partial charge in [0.25, 0.3) is 0 Å². The van der Waals surface area contributed by atoms with E-state index in [1.54, 1.807) is 0 Å². The molecule has 1 aliphatic rings. The van der Waals surface area contributed by atoms with E-state index in [-0.39, 0.29) is 5.54 Å². The Morgan fingerprint density at radius 3 is 2.35 bits per heavy atom. The fourth-order valence-corrected chi connectivity index (χ4v) is 2.83. The molecule has 0 spiro atoms. The summed E-state index contributed by atoms with van der Waals surface area (Å²) in [5, 5.41) is 3.50. The normalized spacial score (nSPS) is 20.2. The third kappa shape index (κ3) is 3.82. The summed E-state index contributed by atoms with van der Waals surface area (Å²) in [6, 6.07) is 0.507. The monoisotopic (exact) mass is 238 g/mol. The molecule has 0 aromatic carbocycles. The van der Waals surface area contributed by atoms with Gasteiger partial charge >= 0.3 is 0 Å². The zero-order valence-electron chi connectivity index (χ0n) is 12.2. The highest BCUT2D eigenvalue weighted by molar-refractivity contribution is 5.04. The number of hydrogen-bond acceptors (Lipinski definition) is 2. The highest BCUT2D eigenvalue weighted by Crippen LogP contribution is 2.27. The number of rotatable bonds is 6. The summed E-state index contributed by atoms with van der Waals surface area (Å²) in [4.78, 5) is 2.65. The van der Waals surface area contributed by atoms with Gasteiger partial charge in [-0.15, -0.1) is 0 Å². The van der Waals surface area contributed by atoms with Crippen LogP contribution in [0.2, 0.25) is 0 Å². The maximum Gasteiger partial charge on any atom is 0.0309 e. The molecule has 0 radical (unpaired) electrons. The van der Waals surface area contributed by atoms with Crippen molar-refractivity contribution in [1.82, 2.24) is 10.2 Å². The van der Waals surface area contributed by atoms with E-state index in [9.17, 15) is 0 Å². The molecule has 1 rings (SSSR count). The van der Waals surface area contributed by atoms with E-state index in [0.717, 1.165) is 12.8 Å². The molecule has 1 unspecified atom stereocenters. The van der Waals surface area contributed by atoms with Gasteiger partial charge in [-0.25, -0.2) is 0 Å². The summed E-state index contributed by atoms with van der Waals surface area (Å²) in [6.45, 7) is 13.6. The lowest BCUT2D eigenvalue weighted by molar-refractivity contribution is 0.0634. The number of likely N-dealkylation sites (N-methyl/N-ethyl adjacent to an activating group) is 1. The van der Waals surface area contributed by atoms with Gasteiger partial charge in [-0.2, -0.15) is 0 Å². The van der Waals surface area contributed by atoms with Crippen molar-refractivity contribution >= 4 is 0 Å². The summed E-state index contributed by atoms with van der Waals surface area (Å²) in [6.07, 6.45) is 6.30. The molecule has 2 heteroatoms. The van der Waals surface area contributed by atoms with Gasteiger partial charge in [-0.05, 0) is 59.7 Å². The molecule has 17 heavy (non-hydrogen) atoms. The average molecular weight is 238 g/mol. The van der Waals surface area contributed by atoms with E-state index in [4.69, 9.17) is 0 Å². The Bertz CT molecular complexity index is 239. The molecule has 1 N–H and O–H groups in total. The zero-order valence-corrected chi connectivity index (χ0v) is 12.2.